The van der Waals surface area contributed by atoms with Gasteiger partial charge in [0.2, 0.25) is 5.91 Å². The van der Waals surface area contributed by atoms with Crippen LogP contribution in [0.2, 0.25) is 0 Å². The Morgan fingerprint density at radius 1 is 1.47 bits per heavy atom. The summed E-state index contributed by atoms with van der Waals surface area (Å²) in [5.41, 5.74) is 7.61. The van der Waals surface area contributed by atoms with Crippen molar-refractivity contribution in [3.05, 3.63) is 29.3 Å². The van der Waals surface area contributed by atoms with E-state index < -0.39 is 0 Å². The van der Waals surface area contributed by atoms with Crippen LogP contribution in [0.25, 0.3) is 0 Å². The Balaban J connectivity index is 2.27. The number of hydrogen-bond acceptors (Lipinski definition) is 3. The maximum atomic E-state index is 12.3. The zero-order valence-corrected chi connectivity index (χ0v) is 9.69. The first-order chi connectivity index (χ1) is 8.09. The molecule has 1 heterocycles. The summed E-state index contributed by atoms with van der Waals surface area (Å²) in [4.78, 5) is 25.0. The van der Waals surface area contributed by atoms with E-state index in [0.717, 1.165) is 5.56 Å². The van der Waals surface area contributed by atoms with Crippen LogP contribution in [-0.2, 0) is 4.79 Å². The van der Waals surface area contributed by atoms with Gasteiger partial charge in [-0.2, -0.15) is 0 Å². The van der Waals surface area contributed by atoms with E-state index in [1.165, 1.54) is 4.90 Å². The standard InChI is InChI=1S/C12H15N3O2/c1-8-3-2-4-9(13)11(8)12(17)15-6-5-14-10(16)7-15/h2-4H,5-7,13H2,1H3,(H,14,16). The van der Waals surface area contributed by atoms with Gasteiger partial charge in [0.25, 0.3) is 5.91 Å². The topological polar surface area (TPSA) is 75.4 Å². The highest BCUT2D eigenvalue weighted by Crippen LogP contribution is 2.18. The minimum absolute atomic E-state index is 0.104. The Hall–Kier alpha value is -2.04. The molecule has 0 atom stereocenters. The summed E-state index contributed by atoms with van der Waals surface area (Å²) in [5, 5.41) is 2.68. The highest BCUT2D eigenvalue weighted by atomic mass is 16.2. The van der Waals surface area contributed by atoms with Crippen LogP contribution in [0.3, 0.4) is 0 Å². The van der Waals surface area contributed by atoms with E-state index >= 15 is 0 Å². The van der Waals surface area contributed by atoms with Crippen molar-refractivity contribution in [2.75, 3.05) is 25.4 Å². The zero-order chi connectivity index (χ0) is 12.4. The molecule has 2 rings (SSSR count). The zero-order valence-electron chi connectivity index (χ0n) is 9.69. The second-order valence-electron chi connectivity index (χ2n) is 4.12. The van der Waals surface area contributed by atoms with Crippen LogP contribution in [0, 0.1) is 6.92 Å². The van der Waals surface area contributed by atoms with Gasteiger partial charge in [-0.15, -0.1) is 0 Å². The average molecular weight is 233 g/mol. The Bertz CT molecular complexity index is 451. The van der Waals surface area contributed by atoms with Crippen molar-refractivity contribution in [3.8, 4) is 0 Å². The molecule has 1 aromatic carbocycles. The van der Waals surface area contributed by atoms with Crippen LogP contribution >= 0.6 is 0 Å². The molecule has 0 saturated carbocycles. The van der Waals surface area contributed by atoms with Crippen molar-refractivity contribution in [1.29, 1.82) is 0 Å². The maximum absolute atomic E-state index is 12.3. The summed E-state index contributed by atoms with van der Waals surface area (Å²) in [6.07, 6.45) is 0. The van der Waals surface area contributed by atoms with Gasteiger partial charge in [0.15, 0.2) is 0 Å². The molecule has 1 aliphatic heterocycles. The molecule has 0 unspecified atom stereocenters. The third-order valence-corrected chi connectivity index (χ3v) is 2.84. The number of nitrogen functional groups attached to an aromatic ring is 1. The van der Waals surface area contributed by atoms with E-state index in [4.69, 9.17) is 5.73 Å². The molecule has 0 bridgehead atoms. The number of anilines is 1. The molecule has 90 valence electrons. The molecule has 1 aliphatic rings. The first-order valence-corrected chi connectivity index (χ1v) is 5.50. The Morgan fingerprint density at radius 3 is 2.88 bits per heavy atom. The number of rotatable bonds is 1. The van der Waals surface area contributed by atoms with Crippen molar-refractivity contribution in [1.82, 2.24) is 10.2 Å². The number of carbonyl (C=O) groups excluding carboxylic acids is 2. The largest absolute Gasteiger partial charge is 0.398 e. The summed E-state index contributed by atoms with van der Waals surface area (Å²) in [5.74, 6) is -0.299. The van der Waals surface area contributed by atoms with Crippen LogP contribution in [0.15, 0.2) is 18.2 Å². The van der Waals surface area contributed by atoms with Crippen molar-refractivity contribution in [3.63, 3.8) is 0 Å². The van der Waals surface area contributed by atoms with Crippen molar-refractivity contribution < 1.29 is 9.59 Å². The van der Waals surface area contributed by atoms with Gasteiger partial charge in [-0.05, 0) is 18.6 Å². The van der Waals surface area contributed by atoms with Gasteiger partial charge in [-0.25, -0.2) is 0 Å². The van der Waals surface area contributed by atoms with Gasteiger partial charge in [-0.1, -0.05) is 12.1 Å². The average Bonchev–Trinajstić information content (AvgIpc) is 2.28. The lowest BCUT2D eigenvalue weighted by Crippen LogP contribution is -2.50. The summed E-state index contributed by atoms with van der Waals surface area (Å²) in [6, 6.07) is 5.35. The van der Waals surface area contributed by atoms with E-state index in [0.29, 0.717) is 24.3 Å². The molecule has 17 heavy (non-hydrogen) atoms. The lowest BCUT2D eigenvalue weighted by molar-refractivity contribution is -0.123. The van der Waals surface area contributed by atoms with Gasteiger partial charge in [0.1, 0.15) is 0 Å². The van der Waals surface area contributed by atoms with Crippen molar-refractivity contribution in [2.24, 2.45) is 0 Å². The Kier molecular flexibility index (Phi) is 2.99. The van der Waals surface area contributed by atoms with Gasteiger partial charge < -0.3 is 16.0 Å². The first-order valence-electron chi connectivity index (χ1n) is 5.50. The Labute approximate surface area is 99.6 Å². The number of carbonyl (C=O) groups is 2. The molecule has 0 spiro atoms. The molecular weight excluding hydrogens is 218 g/mol. The number of nitrogens with two attached hydrogens (primary N) is 1. The van der Waals surface area contributed by atoms with Crippen molar-refractivity contribution >= 4 is 17.5 Å². The third-order valence-electron chi connectivity index (χ3n) is 2.84. The van der Waals surface area contributed by atoms with Crippen molar-refractivity contribution in [2.45, 2.75) is 6.92 Å². The lowest BCUT2D eigenvalue weighted by Gasteiger charge is -2.27. The number of nitrogens with one attached hydrogen (secondary N) is 1. The predicted molar refractivity (Wildman–Crippen MR) is 64.5 cm³/mol. The quantitative estimate of drug-likeness (QED) is 0.678. The second-order valence-corrected chi connectivity index (χ2v) is 4.12. The first kappa shape index (κ1) is 11.4. The fourth-order valence-electron chi connectivity index (χ4n) is 1.95. The number of hydrogen-bond donors (Lipinski definition) is 2. The van der Waals surface area contributed by atoms with E-state index in [9.17, 15) is 9.59 Å². The van der Waals surface area contributed by atoms with Crippen LogP contribution in [0.1, 0.15) is 15.9 Å². The SMILES string of the molecule is Cc1cccc(N)c1C(=O)N1CCNC(=O)C1. The molecule has 1 aromatic rings. The molecule has 0 aliphatic carbocycles. The van der Waals surface area contributed by atoms with E-state index in [2.05, 4.69) is 5.32 Å². The number of benzene rings is 1. The summed E-state index contributed by atoms with van der Waals surface area (Å²) < 4.78 is 0. The predicted octanol–water partition coefficient (Wildman–Crippen LogP) is 0.149. The molecule has 1 fully saturated rings. The molecule has 5 nitrogen and oxygen atoms in total. The van der Waals surface area contributed by atoms with Gasteiger partial charge in [0.05, 0.1) is 12.1 Å². The summed E-state index contributed by atoms with van der Waals surface area (Å²) in [7, 11) is 0. The highest BCUT2D eigenvalue weighted by molar-refractivity contribution is 6.02. The molecular formula is C12H15N3O2. The smallest absolute Gasteiger partial charge is 0.256 e. The molecule has 5 heteroatoms. The number of nitrogens with zero attached hydrogens (tertiary/aromatic N) is 1. The third kappa shape index (κ3) is 2.22. The van der Waals surface area contributed by atoms with Gasteiger partial charge in [0, 0.05) is 18.8 Å². The maximum Gasteiger partial charge on any atom is 0.256 e. The fraction of sp³-hybridized carbons (Fsp3) is 0.333. The van der Waals surface area contributed by atoms with Crippen LogP contribution < -0.4 is 11.1 Å². The minimum atomic E-state index is -0.171. The van der Waals surface area contributed by atoms with Gasteiger partial charge in [-0.3, -0.25) is 9.59 Å². The minimum Gasteiger partial charge on any atom is -0.398 e. The van der Waals surface area contributed by atoms with Crippen LogP contribution in [0.5, 0.6) is 0 Å². The Morgan fingerprint density at radius 2 is 2.24 bits per heavy atom. The summed E-state index contributed by atoms with van der Waals surface area (Å²) >= 11 is 0. The highest BCUT2D eigenvalue weighted by Gasteiger charge is 2.24. The number of piperazine rings is 1. The molecule has 2 amide bonds. The normalized spacial score (nSPS) is 15.6. The van der Waals surface area contributed by atoms with Crippen LogP contribution in [0.4, 0.5) is 5.69 Å². The number of amides is 2. The van der Waals surface area contributed by atoms with E-state index in [1.54, 1.807) is 6.07 Å². The van der Waals surface area contributed by atoms with Crippen LogP contribution in [-0.4, -0.2) is 36.3 Å². The fourth-order valence-corrected chi connectivity index (χ4v) is 1.95. The van der Waals surface area contributed by atoms with E-state index in [-0.39, 0.29) is 18.4 Å². The molecule has 3 N–H and O–H groups in total. The lowest BCUT2D eigenvalue weighted by atomic mass is 10.1. The second kappa shape index (κ2) is 4.45. The number of aryl methyl sites for hydroxylation is 1. The molecule has 0 radical (unpaired) electrons. The monoisotopic (exact) mass is 233 g/mol. The molecule has 0 aromatic heterocycles. The molecule has 1 saturated heterocycles. The summed E-state index contributed by atoms with van der Waals surface area (Å²) in [6.45, 7) is 2.97. The van der Waals surface area contributed by atoms with Gasteiger partial charge >= 0.3 is 0 Å². The van der Waals surface area contributed by atoms with E-state index in [1.807, 2.05) is 19.1 Å².